The van der Waals surface area contributed by atoms with Crippen molar-refractivity contribution in [3.63, 3.8) is 0 Å². The molecule has 0 atom stereocenters. The molecule has 0 bridgehead atoms. The van der Waals surface area contributed by atoms with Crippen LogP contribution in [0.2, 0.25) is 0 Å². The minimum Gasteiger partial charge on any atom is -0.507 e. The highest BCUT2D eigenvalue weighted by Gasteiger charge is 2.28. The van der Waals surface area contributed by atoms with E-state index in [9.17, 15) is 9.90 Å². The van der Waals surface area contributed by atoms with Crippen LogP contribution in [0.3, 0.4) is 0 Å². The van der Waals surface area contributed by atoms with Crippen molar-refractivity contribution in [2.45, 2.75) is 72.8 Å². The van der Waals surface area contributed by atoms with E-state index < -0.39 is 0 Å². The molecule has 0 fully saturated rings. The molecule has 1 aromatic carbocycles. The molecule has 0 radical (unpaired) electrons. The number of Topliss-reactive ketones (excluding diaryl/α,β-unsaturated/α-hetero) is 1. The number of anilines is 1. The lowest BCUT2D eigenvalue weighted by molar-refractivity contribution is 0.0972. The number of carbonyl (C=O) groups excluding carboxylic acids is 1. The van der Waals surface area contributed by atoms with Gasteiger partial charge in [0, 0.05) is 22.9 Å². The number of aromatic hydroxyl groups is 1. The van der Waals surface area contributed by atoms with Crippen molar-refractivity contribution in [3.05, 3.63) is 35.0 Å². The van der Waals surface area contributed by atoms with E-state index in [-0.39, 0.29) is 34.8 Å². The lowest BCUT2D eigenvalue weighted by Crippen LogP contribution is -2.20. The SMILES string of the molecule is CCOc1nc2cn(CC(=O)c3cc(C(C)(C)C)c(O)c(C(C)(C)C)c3)c(N)c2nc1OCC. The maximum absolute atomic E-state index is 13.4. The van der Waals surface area contributed by atoms with Gasteiger partial charge in [-0.25, -0.2) is 9.97 Å². The van der Waals surface area contributed by atoms with Crippen molar-refractivity contribution < 1.29 is 19.4 Å². The first-order valence-corrected chi connectivity index (χ1v) is 11.6. The van der Waals surface area contributed by atoms with E-state index in [0.29, 0.717) is 41.5 Å². The molecule has 0 aliphatic carbocycles. The number of benzene rings is 1. The lowest BCUT2D eigenvalue weighted by atomic mass is 9.78. The summed E-state index contributed by atoms with van der Waals surface area (Å²) in [5.74, 6) is 1.01. The number of nitrogens with two attached hydrogens (primary N) is 1. The van der Waals surface area contributed by atoms with Crippen LogP contribution in [0.4, 0.5) is 5.82 Å². The van der Waals surface area contributed by atoms with Gasteiger partial charge < -0.3 is 24.9 Å². The number of nitrogen functional groups attached to an aromatic ring is 1. The maximum atomic E-state index is 13.4. The normalized spacial score (nSPS) is 12.2. The highest BCUT2D eigenvalue weighted by Crippen LogP contribution is 2.40. The zero-order valence-electron chi connectivity index (χ0n) is 21.4. The average molecular weight is 469 g/mol. The first-order chi connectivity index (χ1) is 15.8. The molecule has 34 heavy (non-hydrogen) atoms. The summed E-state index contributed by atoms with van der Waals surface area (Å²) >= 11 is 0. The largest absolute Gasteiger partial charge is 0.507 e. The van der Waals surface area contributed by atoms with Gasteiger partial charge in [-0.1, -0.05) is 41.5 Å². The Labute approximate surface area is 201 Å². The number of rotatable bonds is 7. The number of carbonyl (C=O) groups is 1. The highest BCUT2D eigenvalue weighted by atomic mass is 16.5. The van der Waals surface area contributed by atoms with Gasteiger partial charge in [-0.05, 0) is 36.8 Å². The zero-order chi connectivity index (χ0) is 25.4. The fourth-order valence-corrected chi connectivity index (χ4v) is 3.83. The van der Waals surface area contributed by atoms with Crippen molar-refractivity contribution in [3.8, 4) is 17.5 Å². The lowest BCUT2D eigenvalue weighted by Gasteiger charge is -2.28. The summed E-state index contributed by atoms with van der Waals surface area (Å²) in [4.78, 5) is 22.4. The molecule has 0 aliphatic heterocycles. The molecule has 0 aliphatic rings. The average Bonchev–Trinajstić information content (AvgIpc) is 3.01. The number of ether oxygens (including phenoxy) is 2. The number of phenolic OH excluding ortho intramolecular Hbond substituents is 1. The number of aromatic nitrogens is 3. The van der Waals surface area contributed by atoms with Crippen LogP contribution in [0.25, 0.3) is 11.0 Å². The summed E-state index contributed by atoms with van der Waals surface area (Å²) in [7, 11) is 0. The van der Waals surface area contributed by atoms with Crippen LogP contribution in [-0.4, -0.2) is 38.6 Å². The van der Waals surface area contributed by atoms with Gasteiger partial charge in [0.2, 0.25) is 0 Å². The summed E-state index contributed by atoms with van der Waals surface area (Å²) in [5, 5.41) is 11.0. The molecule has 3 aromatic rings. The van der Waals surface area contributed by atoms with Gasteiger partial charge in [0.05, 0.1) is 19.8 Å². The second-order valence-electron chi connectivity index (χ2n) is 10.4. The highest BCUT2D eigenvalue weighted by molar-refractivity contribution is 5.98. The molecule has 3 N–H and O–H groups in total. The summed E-state index contributed by atoms with van der Waals surface area (Å²) in [6.45, 7) is 16.6. The monoisotopic (exact) mass is 468 g/mol. The second-order valence-corrected chi connectivity index (χ2v) is 10.4. The standard InChI is InChI=1S/C26H36N4O4/c1-9-33-23-24(34-10-2)29-20-18(28-23)13-30(22(20)27)14-19(31)15-11-16(25(3,4)5)21(32)17(12-15)26(6,7)8/h11-13,32H,9-10,14,27H2,1-8H3. The van der Waals surface area contributed by atoms with E-state index in [2.05, 4.69) is 9.97 Å². The van der Waals surface area contributed by atoms with Crippen molar-refractivity contribution in [1.29, 1.82) is 0 Å². The van der Waals surface area contributed by atoms with Crippen molar-refractivity contribution >= 4 is 22.6 Å². The van der Waals surface area contributed by atoms with Gasteiger partial charge in [-0.2, -0.15) is 0 Å². The number of nitrogens with zero attached hydrogens (tertiary/aromatic N) is 3. The van der Waals surface area contributed by atoms with Gasteiger partial charge in [-0.15, -0.1) is 0 Å². The summed E-state index contributed by atoms with van der Waals surface area (Å²) < 4.78 is 12.8. The fraction of sp³-hybridized carbons (Fsp3) is 0.500. The predicted molar refractivity (Wildman–Crippen MR) is 134 cm³/mol. The number of ketones is 1. The number of fused-ring (bicyclic) bond motifs is 1. The van der Waals surface area contributed by atoms with Crippen LogP contribution in [0.5, 0.6) is 17.5 Å². The topological polar surface area (TPSA) is 112 Å². The molecule has 184 valence electrons. The maximum Gasteiger partial charge on any atom is 0.278 e. The first-order valence-electron chi connectivity index (χ1n) is 11.6. The minimum absolute atomic E-state index is 0.00967. The Morgan fingerprint density at radius 2 is 1.47 bits per heavy atom. The quantitative estimate of drug-likeness (QED) is 0.470. The third-order valence-corrected chi connectivity index (χ3v) is 5.62. The Morgan fingerprint density at radius 1 is 0.971 bits per heavy atom. The van der Waals surface area contributed by atoms with Gasteiger partial charge in [0.25, 0.3) is 11.8 Å². The number of hydrogen-bond acceptors (Lipinski definition) is 7. The second kappa shape index (κ2) is 9.16. The number of hydrogen-bond donors (Lipinski definition) is 2. The zero-order valence-corrected chi connectivity index (χ0v) is 21.4. The van der Waals surface area contributed by atoms with Gasteiger partial charge in [0.1, 0.15) is 22.6 Å². The summed E-state index contributed by atoms with van der Waals surface area (Å²) in [6, 6.07) is 3.56. The third-order valence-electron chi connectivity index (χ3n) is 5.62. The minimum atomic E-state index is -0.333. The Morgan fingerprint density at radius 3 is 1.94 bits per heavy atom. The van der Waals surface area contributed by atoms with Crippen LogP contribution in [0, 0.1) is 0 Å². The molecule has 0 unspecified atom stereocenters. The Hall–Kier alpha value is -3.29. The van der Waals surface area contributed by atoms with Crippen LogP contribution < -0.4 is 15.2 Å². The van der Waals surface area contributed by atoms with Crippen LogP contribution in [0.1, 0.15) is 76.9 Å². The van der Waals surface area contributed by atoms with E-state index in [4.69, 9.17) is 15.2 Å². The number of phenols is 1. The van der Waals surface area contributed by atoms with E-state index in [0.717, 1.165) is 11.1 Å². The molecule has 0 saturated carbocycles. The molecule has 3 rings (SSSR count). The molecular weight excluding hydrogens is 432 g/mol. The van der Waals surface area contributed by atoms with E-state index in [1.165, 1.54) is 0 Å². The molecule has 0 spiro atoms. The van der Waals surface area contributed by atoms with Crippen LogP contribution >= 0.6 is 0 Å². The molecule has 0 amide bonds. The summed E-state index contributed by atoms with van der Waals surface area (Å²) in [6.07, 6.45) is 1.70. The molecule has 2 aromatic heterocycles. The predicted octanol–water partition coefficient (Wildman–Crippen LogP) is 4.99. The van der Waals surface area contributed by atoms with Gasteiger partial charge in [0.15, 0.2) is 5.78 Å². The van der Waals surface area contributed by atoms with Gasteiger partial charge in [-0.3, -0.25) is 4.79 Å². The van der Waals surface area contributed by atoms with Gasteiger partial charge >= 0.3 is 0 Å². The van der Waals surface area contributed by atoms with E-state index >= 15 is 0 Å². The Kier molecular flexibility index (Phi) is 6.82. The van der Waals surface area contributed by atoms with E-state index in [1.54, 1.807) is 22.9 Å². The molecule has 8 heteroatoms. The van der Waals surface area contributed by atoms with Crippen molar-refractivity contribution in [2.24, 2.45) is 0 Å². The van der Waals surface area contributed by atoms with Crippen LogP contribution in [0.15, 0.2) is 18.3 Å². The molecule has 0 saturated heterocycles. The van der Waals surface area contributed by atoms with Crippen LogP contribution in [-0.2, 0) is 17.4 Å². The Balaban J connectivity index is 2.05. The fourth-order valence-electron chi connectivity index (χ4n) is 3.83. The Bertz CT molecular complexity index is 1180. The third kappa shape index (κ3) is 4.95. The first kappa shape index (κ1) is 25.3. The summed E-state index contributed by atoms with van der Waals surface area (Å²) in [5.41, 5.74) is 8.66. The van der Waals surface area contributed by atoms with E-state index in [1.807, 2.05) is 55.4 Å². The van der Waals surface area contributed by atoms with Crippen molar-refractivity contribution in [2.75, 3.05) is 18.9 Å². The molecule has 8 nitrogen and oxygen atoms in total. The molecule has 2 heterocycles. The molecular formula is C26H36N4O4. The smallest absolute Gasteiger partial charge is 0.278 e. The van der Waals surface area contributed by atoms with Crippen molar-refractivity contribution in [1.82, 2.24) is 14.5 Å².